The molecule has 1 aliphatic rings. The highest BCUT2D eigenvalue weighted by molar-refractivity contribution is 7.17. The van der Waals surface area contributed by atoms with Gasteiger partial charge in [0.25, 0.3) is 11.8 Å². The molecule has 2 aromatic heterocycles. The van der Waals surface area contributed by atoms with Gasteiger partial charge in [-0.05, 0) is 24.3 Å². The zero-order valence-electron chi connectivity index (χ0n) is 11.7. The molecule has 0 atom stereocenters. The molecule has 1 fully saturated rings. The zero-order valence-corrected chi connectivity index (χ0v) is 13.3. The Hall–Kier alpha value is -1.92. The molecule has 3 rings (SSSR count). The first-order valence-corrected chi connectivity index (χ1v) is 8.08. The van der Waals surface area contributed by atoms with Gasteiger partial charge >= 0.3 is 0 Å². The van der Waals surface area contributed by atoms with Crippen molar-refractivity contribution in [2.24, 2.45) is 0 Å². The maximum absolute atomic E-state index is 12.3. The van der Waals surface area contributed by atoms with Crippen LogP contribution in [0.1, 0.15) is 20.0 Å². The van der Waals surface area contributed by atoms with E-state index in [0.717, 1.165) is 0 Å². The number of piperazine rings is 1. The van der Waals surface area contributed by atoms with Gasteiger partial charge in [0.2, 0.25) is 0 Å². The summed E-state index contributed by atoms with van der Waals surface area (Å²) in [6, 6.07) is 6.87. The second kappa shape index (κ2) is 6.46. The number of halogens is 1. The molecular weight excluding hydrogens is 322 g/mol. The molecule has 0 bridgehead atoms. The summed E-state index contributed by atoms with van der Waals surface area (Å²) in [5, 5.41) is 0. The number of hydrogen-bond acceptors (Lipinski definition) is 4. The molecule has 5 nitrogen and oxygen atoms in total. The van der Waals surface area contributed by atoms with Crippen molar-refractivity contribution in [1.82, 2.24) is 14.8 Å². The first-order valence-electron chi connectivity index (χ1n) is 6.89. The number of carbonyl (C=O) groups is 2. The van der Waals surface area contributed by atoms with Gasteiger partial charge in [-0.1, -0.05) is 11.6 Å². The fourth-order valence-corrected chi connectivity index (χ4v) is 3.39. The summed E-state index contributed by atoms with van der Waals surface area (Å²) in [5.74, 6) is -0.0402. The third-order valence-corrected chi connectivity index (χ3v) is 4.78. The van der Waals surface area contributed by atoms with Gasteiger partial charge in [-0.3, -0.25) is 14.6 Å². The van der Waals surface area contributed by atoms with E-state index in [1.165, 1.54) is 11.3 Å². The van der Waals surface area contributed by atoms with Gasteiger partial charge in [-0.15, -0.1) is 11.3 Å². The fourth-order valence-electron chi connectivity index (χ4n) is 2.37. The lowest BCUT2D eigenvalue weighted by molar-refractivity contribution is 0.0538. The van der Waals surface area contributed by atoms with Crippen molar-refractivity contribution in [3.8, 4) is 0 Å². The molecule has 0 aliphatic carbocycles. The maximum Gasteiger partial charge on any atom is 0.264 e. The highest BCUT2D eigenvalue weighted by Crippen LogP contribution is 2.23. The van der Waals surface area contributed by atoms with Crippen molar-refractivity contribution in [3.05, 3.63) is 51.4 Å². The molecule has 7 heteroatoms. The van der Waals surface area contributed by atoms with E-state index < -0.39 is 0 Å². The Morgan fingerprint density at radius 1 is 0.955 bits per heavy atom. The van der Waals surface area contributed by atoms with Crippen LogP contribution in [0.3, 0.4) is 0 Å². The van der Waals surface area contributed by atoms with Crippen LogP contribution in [0.15, 0.2) is 36.7 Å². The second-order valence-corrected chi connectivity index (χ2v) is 6.64. The Labute approximate surface area is 137 Å². The van der Waals surface area contributed by atoms with E-state index in [0.29, 0.717) is 41.0 Å². The van der Waals surface area contributed by atoms with E-state index in [2.05, 4.69) is 4.98 Å². The molecule has 1 aliphatic heterocycles. The van der Waals surface area contributed by atoms with Gasteiger partial charge in [-0.2, -0.15) is 0 Å². The average Bonchev–Trinajstić information content (AvgIpc) is 3.01. The van der Waals surface area contributed by atoms with Crippen LogP contribution in [0.2, 0.25) is 4.34 Å². The molecule has 114 valence electrons. The first-order chi connectivity index (χ1) is 10.6. The smallest absolute Gasteiger partial charge is 0.264 e. The van der Waals surface area contributed by atoms with Crippen molar-refractivity contribution in [3.63, 3.8) is 0 Å². The van der Waals surface area contributed by atoms with Crippen molar-refractivity contribution < 1.29 is 9.59 Å². The molecule has 2 aromatic rings. The Balaban J connectivity index is 1.61. The third kappa shape index (κ3) is 3.13. The lowest BCUT2D eigenvalue weighted by atomic mass is 10.2. The molecule has 0 aromatic carbocycles. The van der Waals surface area contributed by atoms with Crippen molar-refractivity contribution >= 4 is 34.8 Å². The number of amides is 2. The number of thiophene rings is 1. The Morgan fingerprint density at radius 2 is 1.55 bits per heavy atom. The fraction of sp³-hybridized carbons (Fsp3) is 0.267. The second-order valence-electron chi connectivity index (χ2n) is 4.92. The average molecular weight is 336 g/mol. The van der Waals surface area contributed by atoms with E-state index in [4.69, 9.17) is 11.6 Å². The number of nitrogens with zero attached hydrogens (tertiary/aromatic N) is 3. The largest absolute Gasteiger partial charge is 0.335 e. The van der Waals surface area contributed by atoms with E-state index >= 15 is 0 Å². The minimum Gasteiger partial charge on any atom is -0.335 e. The Kier molecular flexibility index (Phi) is 4.40. The summed E-state index contributed by atoms with van der Waals surface area (Å²) < 4.78 is 0.606. The Morgan fingerprint density at radius 3 is 2.09 bits per heavy atom. The highest BCUT2D eigenvalue weighted by Gasteiger charge is 2.26. The van der Waals surface area contributed by atoms with Crippen molar-refractivity contribution in [2.45, 2.75) is 0 Å². The molecule has 1 saturated heterocycles. The van der Waals surface area contributed by atoms with Crippen LogP contribution in [-0.2, 0) is 0 Å². The quantitative estimate of drug-likeness (QED) is 0.846. The summed E-state index contributed by atoms with van der Waals surface area (Å²) in [5.41, 5.74) is 0.625. The van der Waals surface area contributed by atoms with Crippen LogP contribution >= 0.6 is 22.9 Å². The molecule has 3 heterocycles. The van der Waals surface area contributed by atoms with Crippen LogP contribution in [0.4, 0.5) is 0 Å². The molecule has 2 amide bonds. The first kappa shape index (κ1) is 15.0. The van der Waals surface area contributed by atoms with Gasteiger partial charge in [0.05, 0.1) is 9.21 Å². The predicted molar refractivity (Wildman–Crippen MR) is 85.4 cm³/mol. The van der Waals surface area contributed by atoms with Crippen molar-refractivity contribution in [2.75, 3.05) is 26.2 Å². The standard InChI is InChI=1S/C15H14ClN3O2S/c16-13-2-1-12(22-13)15(21)19-9-7-18(8-10-19)14(20)11-3-5-17-6-4-11/h1-6H,7-10H2. The minimum atomic E-state index is -0.0205. The summed E-state index contributed by atoms with van der Waals surface area (Å²) in [4.78, 5) is 32.7. The molecule has 0 saturated carbocycles. The van der Waals surface area contributed by atoms with Crippen LogP contribution in [-0.4, -0.2) is 52.8 Å². The summed E-state index contributed by atoms with van der Waals surface area (Å²) >= 11 is 7.15. The van der Waals surface area contributed by atoms with Gasteiger partial charge < -0.3 is 9.80 Å². The molecule has 22 heavy (non-hydrogen) atoms. The van der Waals surface area contributed by atoms with Crippen LogP contribution in [0.5, 0.6) is 0 Å². The number of hydrogen-bond donors (Lipinski definition) is 0. The molecule has 0 N–H and O–H groups in total. The van der Waals surface area contributed by atoms with Crippen LogP contribution in [0, 0.1) is 0 Å². The Bertz CT molecular complexity index is 681. The summed E-state index contributed by atoms with van der Waals surface area (Å²) in [6.07, 6.45) is 3.21. The van der Waals surface area contributed by atoms with Gasteiger partial charge in [0, 0.05) is 44.1 Å². The SMILES string of the molecule is O=C(c1ccncc1)N1CCN(C(=O)c2ccc(Cl)s2)CC1. The summed E-state index contributed by atoms with van der Waals surface area (Å²) in [7, 11) is 0. The van der Waals surface area contributed by atoms with Crippen molar-refractivity contribution in [1.29, 1.82) is 0 Å². The molecule has 0 spiro atoms. The maximum atomic E-state index is 12.3. The van der Waals surface area contributed by atoms with Gasteiger partial charge in [-0.25, -0.2) is 0 Å². The number of aromatic nitrogens is 1. The normalized spacial score (nSPS) is 15.0. The minimum absolute atomic E-state index is 0.0198. The van der Waals surface area contributed by atoms with E-state index in [-0.39, 0.29) is 11.8 Å². The number of carbonyl (C=O) groups excluding carboxylic acids is 2. The molecular formula is C15H14ClN3O2S. The zero-order chi connectivity index (χ0) is 15.5. The van der Waals surface area contributed by atoms with Gasteiger partial charge in [0.15, 0.2) is 0 Å². The van der Waals surface area contributed by atoms with Crippen LogP contribution < -0.4 is 0 Å². The molecule has 0 unspecified atom stereocenters. The lowest BCUT2D eigenvalue weighted by Crippen LogP contribution is -2.50. The summed E-state index contributed by atoms with van der Waals surface area (Å²) in [6.45, 7) is 2.13. The van der Waals surface area contributed by atoms with E-state index in [9.17, 15) is 9.59 Å². The monoisotopic (exact) mass is 335 g/mol. The predicted octanol–water partition coefficient (Wildman–Crippen LogP) is 2.39. The van der Waals surface area contributed by atoms with Gasteiger partial charge in [0.1, 0.15) is 0 Å². The van der Waals surface area contributed by atoms with E-state index in [1.54, 1.807) is 46.5 Å². The van der Waals surface area contributed by atoms with E-state index in [1.807, 2.05) is 0 Å². The topological polar surface area (TPSA) is 53.5 Å². The number of pyridine rings is 1. The number of rotatable bonds is 2. The highest BCUT2D eigenvalue weighted by atomic mass is 35.5. The van der Waals surface area contributed by atoms with Crippen LogP contribution in [0.25, 0.3) is 0 Å². The molecule has 0 radical (unpaired) electrons. The third-order valence-electron chi connectivity index (χ3n) is 3.57. The lowest BCUT2D eigenvalue weighted by Gasteiger charge is -2.34.